The van der Waals surface area contributed by atoms with Crippen LogP contribution in [0.5, 0.6) is 5.75 Å². The third kappa shape index (κ3) is 4.96. The Kier molecular flexibility index (Phi) is 6.79. The molecule has 3 rings (SSSR count). The van der Waals surface area contributed by atoms with Gasteiger partial charge in [-0.25, -0.2) is 4.39 Å². The van der Waals surface area contributed by atoms with E-state index in [9.17, 15) is 30.8 Å². The lowest BCUT2D eigenvalue weighted by atomic mass is 9.92. The van der Waals surface area contributed by atoms with Crippen LogP contribution in [0.3, 0.4) is 0 Å². The Morgan fingerprint density at radius 3 is 2.17 bits per heavy atom. The minimum Gasteiger partial charge on any atom is -0.376 e. The summed E-state index contributed by atoms with van der Waals surface area (Å²) in [5.74, 6) is -1.19. The highest BCUT2D eigenvalue weighted by molar-refractivity contribution is 7.88. The number of benzene rings is 1. The second-order valence-electron chi connectivity index (χ2n) is 7.48. The Balaban J connectivity index is 1.71. The third-order valence-electron chi connectivity index (χ3n) is 5.47. The SMILES string of the molecule is O=C1C(Cc2c(Cl)cc(OS(=O)(=O)C(F)(F)F)cc2Cl)CCN1[C@H]1CC[C@@H](F)CC1. The summed E-state index contributed by atoms with van der Waals surface area (Å²) >= 11 is 12.2. The van der Waals surface area contributed by atoms with Crippen LogP contribution in [-0.4, -0.2) is 43.5 Å². The molecule has 0 N–H and O–H groups in total. The maximum absolute atomic E-state index is 13.4. The molecule has 1 heterocycles. The monoisotopic (exact) mass is 491 g/mol. The van der Waals surface area contributed by atoms with E-state index in [1.807, 2.05) is 0 Å². The van der Waals surface area contributed by atoms with Crippen LogP contribution in [0.25, 0.3) is 0 Å². The van der Waals surface area contributed by atoms with Crippen LogP contribution in [-0.2, 0) is 21.3 Å². The molecular weight excluding hydrogens is 473 g/mol. The molecule has 1 atom stereocenters. The summed E-state index contributed by atoms with van der Waals surface area (Å²) in [4.78, 5) is 14.6. The molecular formula is C18H19Cl2F4NO4S. The number of alkyl halides is 4. The number of hydrogen-bond donors (Lipinski definition) is 0. The molecule has 0 bridgehead atoms. The van der Waals surface area contributed by atoms with Gasteiger partial charge < -0.3 is 9.08 Å². The molecule has 0 spiro atoms. The lowest BCUT2D eigenvalue weighted by molar-refractivity contribution is -0.133. The molecule has 30 heavy (non-hydrogen) atoms. The van der Waals surface area contributed by atoms with Gasteiger partial charge in [-0.2, -0.15) is 21.6 Å². The van der Waals surface area contributed by atoms with Crippen molar-refractivity contribution in [2.45, 2.75) is 56.2 Å². The molecule has 1 saturated carbocycles. The van der Waals surface area contributed by atoms with E-state index in [1.54, 1.807) is 4.90 Å². The van der Waals surface area contributed by atoms with Crippen molar-refractivity contribution in [2.75, 3.05) is 6.54 Å². The topological polar surface area (TPSA) is 63.7 Å². The second kappa shape index (κ2) is 8.70. The van der Waals surface area contributed by atoms with Crippen molar-refractivity contribution in [3.05, 3.63) is 27.7 Å². The van der Waals surface area contributed by atoms with Crippen molar-refractivity contribution in [1.29, 1.82) is 0 Å². The van der Waals surface area contributed by atoms with E-state index in [4.69, 9.17) is 23.2 Å². The zero-order valence-electron chi connectivity index (χ0n) is 15.6. The maximum Gasteiger partial charge on any atom is 0.534 e. The molecule has 0 aromatic heterocycles. The van der Waals surface area contributed by atoms with Crippen molar-refractivity contribution in [1.82, 2.24) is 4.90 Å². The molecule has 168 valence electrons. The molecule has 1 amide bonds. The molecule has 1 aliphatic heterocycles. The minimum atomic E-state index is -5.86. The van der Waals surface area contributed by atoms with E-state index in [-0.39, 0.29) is 28.4 Å². The number of nitrogens with zero attached hydrogens (tertiary/aromatic N) is 1. The summed E-state index contributed by atoms with van der Waals surface area (Å²) in [5, 5.41) is -0.196. The van der Waals surface area contributed by atoms with E-state index in [0.29, 0.717) is 44.2 Å². The van der Waals surface area contributed by atoms with Crippen LogP contribution < -0.4 is 4.18 Å². The van der Waals surface area contributed by atoms with Gasteiger partial charge in [-0.05, 0) is 44.1 Å². The molecule has 1 aromatic carbocycles. The molecule has 1 unspecified atom stereocenters. The smallest absolute Gasteiger partial charge is 0.376 e. The van der Waals surface area contributed by atoms with Crippen molar-refractivity contribution in [3.8, 4) is 5.75 Å². The van der Waals surface area contributed by atoms with E-state index in [0.717, 1.165) is 12.1 Å². The van der Waals surface area contributed by atoms with Gasteiger partial charge in [0.25, 0.3) is 0 Å². The normalized spacial score (nSPS) is 25.6. The summed E-state index contributed by atoms with van der Waals surface area (Å²) in [6.07, 6.45) is 1.95. The minimum absolute atomic E-state index is 0.00351. The van der Waals surface area contributed by atoms with Crippen LogP contribution in [0.15, 0.2) is 12.1 Å². The van der Waals surface area contributed by atoms with Gasteiger partial charge in [0.15, 0.2) is 0 Å². The number of carbonyl (C=O) groups is 1. The van der Waals surface area contributed by atoms with Gasteiger partial charge in [0.2, 0.25) is 5.91 Å². The predicted molar refractivity (Wildman–Crippen MR) is 103 cm³/mol. The highest BCUT2D eigenvalue weighted by Crippen LogP contribution is 2.37. The predicted octanol–water partition coefficient (Wildman–Crippen LogP) is 4.89. The number of hydrogen-bond acceptors (Lipinski definition) is 4. The zero-order valence-corrected chi connectivity index (χ0v) is 17.9. The van der Waals surface area contributed by atoms with Crippen LogP contribution in [0.2, 0.25) is 10.0 Å². The first-order chi connectivity index (χ1) is 13.9. The molecule has 1 aliphatic carbocycles. The number of carbonyl (C=O) groups excluding carboxylic acids is 1. The fraction of sp³-hybridized carbons (Fsp3) is 0.611. The largest absolute Gasteiger partial charge is 0.534 e. The van der Waals surface area contributed by atoms with Crippen molar-refractivity contribution in [2.24, 2.45) is 5.92 Å². The Bertz CT molecular complexity index is 894. The molecule has 1 aromatic rings. The summed E-state index contributed by atoms with van der Waals surface area (Å²) in [7, 11) is -5.86. The molecule has 1 saturated heterocycles. The van der Waals surface area contributed by atoms with Crippen molar-refractivity contribution >= 4 is 39.2 Å². The summed E-state index contributed by atoms with van der Waals surface area (Å²) < 4.78 is 77.2. The highest BCUT2D eigenvalue weighted by Gasteiger charge is 2.48. The second-order valence-corrected chi connectivity index (χ2v) is 9.83. The van der Waals surface area contributed by atoms with Gasteiger partial charge in [0, 0.05) is 40.7 Å². The standard InChI is InChI=1S/C18H19Cl2F4NO4S/c19-15-8-13(29-30(27,28)18(22,23)24)9-16(20)14(15)7-10-5-6-25(17(10)26)12-3-1-11(21)2-4-12/h8-12H,1-7H2/t10?,11-,12+. The van der Waals surface area contributed by atoms with E-state index in [1.165, 1.54) is 0 Å². The third-order valence-corrected chi connectivity index (χ3v) is 7.13. The zero-order chi connectivity index (χ0) is 22.3. The Morgan fingerprint density at radius 1 is 1.07 bits per heavy atom. The van der Waals surface area contributed by atoms with Gasteiger partial charge in [-0.3, -0.25) is 4.79 Å². The molecule has 2 fully saturated rings. The molecule has 0 radical (unpaired) electrons. The van der Waals surface area contributed by atoms with E-state index < -0.39 is 33.5 Å². The highest BCUT2D eigenvalue weighted by atomic mass is 35.5. The summed E-state index contributed by atoms with van der Waals surface area (Å²) in [6, 6.07) is 1.85. The van der Waals surface area contributed by atoms with Crippen molar-refractivity contribution in [3.63, 3.8) is 0 Å². The van der Waals surface area contributed by atoms with E-state index in [2.05, 4.69) is 4.18 Å². The first-order valence-corrected chi connectivity index (χ1v) is 11.5. The average molecular weight is 492 g/mol. The first kappa shape index (κ1) is 23.4. The van der Waals surface area contributed by atoms with Gasteiger partial charge in [0.05, 0.1) is 0 Å². The Morgan fingerprint density at radius 2 is 1.63 bits per heavy atom. The molecule has 5 nitrogen and oxygen atoms in total. The fourth-order valence-electron chi connectivity index (χ4n) is 3.91. The number of likely N-dealkylation sites (tertiary alicyclic amines) is 1. The van der Waals surface area contributed by atoms with Crippen molar-refractivity contribution < 1.29 is 35.0 Å². The fourth-order valence-corrected chi connectivity index (χ4v) is 4.97. The quantitative estimate of drug-likeness (QED) is 0.334. The van der Waals surface area contributed by atoms with Crippen LogP contribution in [0, 0.1) is 5.92 Å². The molecule has 12 heteroatoms. The summed E-state index contributed by atoms with van der Waals surface area (Å²) in [6.45, 7) is 0.533. The van der Waals surface area contributed by atoms with Crippen LogP contribution >= 0.6 is 23.2 Å². The Hall–Kier alpha value is -1.26. The van der Waals surface area contributed by atoms with Gasteiger partial charge >= 0.3 is 15.6 Å². The van der Waals surface area contributed by atoms with Gasteiger partial charge in [0.1, 0.15) is 11.9 Å². The Labute approximate surface area is 181 Å². The van der Waals surface area contributed by atoms with Crippen LogP contribution in [0.1, 0.15) is 37.7 Å². The maximum atomic E-state index is 13.4. The summed E-state index contributed by atoms with van der Waals surface area (Å²) in [5.41, 5.74) is -5.27. The van der Waals surface area contributed by atoms with E-state index >= 15 is 0 Å². The number of halogens is 6. The number of rotatable bonds is 5. The lowest BCUT2D eigenvalue weighted by Crippen LogP contribution is -2.40. The van der Waals surface area contributed by atoms with Gasteiger partial charge in [-0.1, -0.05) is 23.2 Å². The van der Waals surface area contributed by atoms with Crippen LogP contribution in [0.4, 0.5) is 17.6 Å². The number of amides is 1. The lowest BCUT2D eigenvalue weighted by Gasteiger charge is -2.32. The average Bonchev–Trinajstić information content (AvgIpc) is 2.98. The molecule has 2 aliphatic rings. The van der Waals surface area contributed by atoms with Gasteiger partial charge in [-0.15, -0.1) is 0 Å². The first-order valence-electron chi connectivity index (χ1n) is 9.32.